The van der Waals surface area contributed by atoms with E-state index in [4.69, 9.17) is 4.74 Å². The predicted octanol–water partition coefficient (Wildman–Crippen LogP) is 1.04. The van der Waals surface area contributed by atoms with Crippen molar-refractivity contribution in [1.82, 2.24) is 19.1 Å². The monoisotopic (exact) mass is 360 g/mol. The molecule has 0 aliphatic carbocycles. The lowest BCUT2D eigenvalue weighted by atomic mass is 10.2. The minimum Gasteiger partial charge on any atom is -0.497 e. The lowest BCUT2D eigenvalue weighted by Gasteiger charge is -2.07. The van der Waals surface area contributed by atoms with Gasteiger partial charge in [-0.25, -0.2) is 23.1 Å². The van der Waals surface area contributed by atoms with E-state index < -0.39 is 15.9 Å². The van der Waals surface area contributed by atoms with Gasteiger partial charge in [0.1, 0.15) is 11.4 Å². The van der Waals surface area contributed by atoms with E-state index in [1.807, 2.05) is 0 Å². The molecule has 0 unspecified atom stereocenters. The Morgan fingerprint density at radius 1 is 1.24 bits per heavy atom. The molecule has 0 radical (unpaired) electrons. The van der Waals surface area contributed by atoms with E-state index in [1.165, 1.54) is 16.8 Å². The van der Waals surface area contributed by atoms with Crippen molar-refractivity contribution in [3.8, 4) is 5.75 Å². The van der Waals surface area contributed by atoms with Gasteiger partial charge in [0.05, 0.1) is 19.1 Å². The molecule has 2 heterocycles. The van der Waals surface area contributed by atoms with Crippen LogP contribution in [-0.4, -0.2) is 41.6 Å². The number of imidazole rings is 1. The maximum atomic E-state index is 12.2. The largest absolute Gasteiger partial charge is 0.497 e. The zero-order valence-corrected chi connectivity index (χ0v) is 14.2. The third-order valence-corrected chi connectivity index (χ3v) is 4.83. The molecule has 0 saturated carbocycles. The first kappa shape index (κ1) is 16.9. The highest BCUT2D eigenvalue weighted by molar-refractivity contribution is 7.90. The Labute approximate surface area is 144 Å². The number of carbonyl (C=O) groups excluding carboxylic acids is 1. The second-order valence-corrected chi connectivity index (χ2v) is 7.12. The summed E-state index contributed by atoms with van der Waals surface area (Å²) in [6.45, 7) is 0. The topological polar surface area (TPSA) is 103 Å². The summed E-state index contributed by atoms with van der Waals surface area (Å²) in [7, 11) is -2.22. The van der Waals surface area contributed by atoms with Crippen LogP contribution in [0.1, 0.15) is 16.1 Å². The molecule has 0 fully saturated rings. The number of fused-ring (bicyclic) bond motifs is 1. The SMILES string of the molecule is COc1ccc(CCS(=O)(=O)NC(=O)c2cnc3ncccn23)cc1. The predicted molar refractivity (Wildman–Crippen MR) is 90.9 cm³/mol. The number of amides is 1. The van der Waals surface area contributed by atoms with Gasteiger partial charge in [0, 0.05) is 12.4 Å². The summed E-state index contributed by atoms with van der Waals surface area (Å²) in [5, 5.41) is 0. The van der Waals surface area contributed by atoms with Crippen molar-refractivity contribution in [1.29, 1.82) is 0 Å². The maximum Gasteiger partial charge on any atom is 0.283 e. The van der Waals surface area contributed by atoms with Gasteiger partial charge >= 0.3 is 0 Å². The normalized spacial score (nSPS) is 11.4. The molecule has 1 aromatic carbocycles. The van der Waals surface area contributed by atoms with E-state index >= 15 is 0 Å². The molecule has 1 amide bonds. The first-order chi connectivity index (χ1) is 12.0. The highest BCUT2D eigenvalue weighted by Gasteiger charge is 2.19. The van der Waals surface area contributed by atoms with Crippen LogP contribution in [0, 0.1) is 0 Å². The fourth-order valence-electron chi connectivity index (χ4n) is 2.28. The van der Waals surface area contributed by atoms with Crippen molar-refractivity contribution in [2.24, 2.45) is 0 Å². The lowest BCUT2D eigenvalue weighted by Crippen LogP contribution is -2.33. The summed E-state index contributed by atoms with van der Waals surface area (Å²) in [6, 6.07) is 8.71. The van der Waals surface area contributed by atoms with Crippen LogP contribution >= 0.6 is 0 Å². The third kappa shape index (κ3) is 3.94. The summed E-state index contributed by atoms with van der Waals surface area (Å²) in [5.41, 5.74) is 0.939. The molecule has 0 atom stereocenters. The Bertz CT molecular complexity index is 996. The summed E-state index contributed by atoms with van der Waals surface area (Å²) in [5.74, 6) is 0.0692. The van der Waals surface area contributed by atoms with Crippen LogP contribution in [0.15, 0.2) is 48.9 Å². The molecule has 2 aromatic heterocycles. The van der Waals surface area contributed by atoms with Crippen LogP contribution in [0.25, 0.3) is 5.78 Å². The van der Waals surface area contributed by atoms with Gasteiger partial charge in [0.25, 0.3) is 5.91 Å². The van der Waals surface area contributed by atoms with E-state index in [2.05, 4.69) is 14.7 Å². The summed E-state index contributed by atoms with van der Waals surface area (Å²) < 4.78 is 32.9. The maximum absolute atomic E-state index is 12.2. The highest BCUT2D eigenvalue weighted by atomic mass is 32.2. The molecule has 0 aliphatic rings. The second-order valence-electron chi connectivity index (χ2n) is 5.28. The average Bonchev–Trinajstić information content (AvgIpc) is 3.04. The van der Waals surface area contributed by atoms with Crippen LogP contribution in [0.3, 0.4) is 0 Å². The summed E-state index contributed by atoms with van der Waals surface area (Å²) >= 11 is 0. The van der Waals surface area contributed by atoms with Gasteiger partial charge in [-0.2, -0.15) is 0 Å². The first-order valence-electron chi connectivity index (χ1n) is 7.44. The van der Waals surface area contributed by atoms with Gasteiger partial charge in [-0.1, -0.05) is 12.1 Å². The number of ether oxygens (including phenoxy) is 1. The van der Waals surface area contributed by atoms with Gasteiger partial charge in [-0.3, -0.25) is 9.20 Å². The number of benzene rings is 1. The summed E-state index contributed by atoms with van der Waals surface area (Å²) in [4.78, 5) is 20.2. The fourth-order valence-corrected chi connectivity index (χ4v) is 3.28. The van der Waals surface area contributed by atoms with E-state index in [0.29, 0.717) is 11.5 Å². The van der Waals surface area contributed by atoms with E-state index in [0.717, 1.165) is 5.56 Å². The molecule has 3 aromatic rings. The van der Waals surface area contributed by atoms with Crippen molar-refractivity contribution in [2.45, 2.75) is 6.42 Å². The van der Waals surface area contributed by atoms with Crippen molar-refractivity contribution < 1.29 is 17.9 Å². The minimum atomic E-state index is -3.78. The third-order valence-electron chi connectivity index (χ3n) is 3.59. The number of nitrogens with zero attached hydrogens (tertiary/aromatic N) is 3. The zero-order valence-electron chi connectivity index (χ0n) is 13.4. The number of methoxy groups -OCH3 is 1. The summed E-state index contributed by atoms with van der Waals surface area (Å²) in [6.07, 6.45) is 4.70. The van der Waals surface area contributed by atoms with Gasteiger partial charge in [-0.15, -0.1) is 0 Å². The van der Waals surface area contributed by atoms with Crippen molar-refractivity contribution in [2.75, 3.05) is 12.9 Å². The van der Waals surface area contributed by atoms with Gasteiger partial charge in [0.2, 0.25) is 15.8 Å². The van der Waals surface area contributed by atoms with Crippen LogP contribution in [0.5, 0.6) is 5.75 Å². The Kier molecular flexibility index (Phi) is 4.66. The Balaban J connectivity index is 1.67. The number of sulfonamides is 1. The fraction of sp³-hybridized carbons (Fsp3) is 0.188. The molecule has 9 heteroatoms. The molecule has 3 rings (SSSR count). The quantitative estimate of drug-likeness (QED) is 0.705. The van der Waals surface area contributed by atoms with Gasteiger partial charge in [-0.05, 0) is 30.2 Å². The molecule has 0 spiro atoms. The Hall–Kier alpha value is -2.94. The van der Waals surface area contributed by atoms with Crippen molar-refractivity contribution in [3.05, 3.63) is 60.2 Å². The zero-order chi connectivity index (χ0) is 17.9. The van der Waals surface area contributed by atoms with Crippen LogP contribution < -0.4 is 9.46 Å². The second kappa shape index (κ2) is 6.89. The van der Waals surface area contributed by atoms with E-state index in [-0.39, 0.29) is 17.9 Å². The number of hydrogen-bond donors (Lipinski definition) is 1. The van der Waals surface area contributed by atoms with E-state index in [9.17, 15) is 13.2 Å². The molecule has 8 nitrogen and oxygen atoms in total. The number of aromatic nitrogens is 3. The molecule has 0 aliphatic heterocycles. The number of rotatable bonds is 6. The van der Waals surface area contributed by atoms with Gasteiger partial charge in [0.15, 0.2) is 0 Å². The Morgan fingerprint density at radius 2 is 2.00 bits per heavy atom. The molecule has 25 heavy (non-hydrogen) atoms. The number of carbonyl (C=O) groups is 1. The smallest absolute Gasteiger partial charge is 0.283 e. The molecule has 130 valence electrons. The number of hydrogen-bond acceptors (Lipinski definition) is 6. The first-order valence-corrected chi connectivity index (χ1v) is 9.09. The highest BCUT2D eigenvalue weighted by Crippen LogP contribution is 2.12. The Morgan fingerprint density at radius 3 is 2.72 bits per heavy atom. The standard InChI is InChI=1S/C16H16N4O4S/c1-24-13-5-3-12(4-6-13)7-10-25(22,23)19-15(21)14-11-18-16-17-8-2-9-20(14)16/h2-6,8-9,11H,7,10H2,1H3,(H,19,21). The minimum absolute atomic E-state index is 0.108. The average molecular weight is 360 g/mol. The van der Waals surface area contributed by atoms with Crippen LogP contribution in [-0.2, 0) is 16.4 Å². The van der Waals surface area contributed by atoms with Gasteiger partial charge < -0.3 is 4.74 Å². The molecular weight excluding hydrogens is 344 g/mol. The number of aryl methyl sites for hydroxylation is 1. The van der Waals surface area contributed by atoms with Crippen LogP contribution in [0.4, 0.5) is 0 Å². The van der Waals surface area contributed by atoms with E-state index in [1.54, 1.807) is 43.6 Å². The molecular formula is C16H16N4O4S. The molecule has 0 saturated heterocycles. The molecule has 0 bridgehead atoms. The van der Waals surface area contributed by atoms with Crippen LogP contribution in [0.2, 0.25) is 0 Å². The van der Waals surface area contributed by atoms with Crippen molar-refractivity contribution in [3.63, 3.8) is 0 Å². The lowest BCUT2D eigenvalue weighted by molar-refractivity contribution is 0.0975. The number of nitrogens with one attached hydrogen (secondary N) is 1. The van der Waals surface area contributed by atoms with Crippen molar-refractivity contribution >= 4 is 21.7 Å². The molecule has 1 N–H and O–H groups in total.